The van der Waals surface area contributed by atoms with Gasteiger partial charge < -0.3 is 25.3 Å². The predicted molar refractivity (Wildman–Crippen MR) is 114 cm³/mol. The van der Waals surface area contributed by atoms with Gasteiger partial charge in [-0.15, -0.1) is 0 Å². The van der Waals surface area contributed by atoms with Crippen molar-refractivity contribution < 1.29 is 19.0 Å². The van der Waals surface area contributed by atoms with Gasteiger partial charge in [0.25, 0.3) is 5.91 Å². The summed E-state index contributed by atoms with van der Waals surface area (Å²) < 4.78 is 17.8. The predicted octanol–water partition coefficient (Wildman–Crippen LogP) is 3.71. The normalized spacial score (nSPS) is 16.2. The van der Waals surface area contributed by atoms with Crippen LogP contribution >= 0.6 is 22.6 Å². The van der Waals surface area contributed by atoms with Crippen LogP contribution in [0.5, 0.6) is 17.2 Å². The summed E-state index contributed by atoms with van der Waals surface area (Å²) in [6, 6.07) is 3.83. The average molecular weight is 498 g/mol. The summed E-state index contributed by atoms with van der Waals surface area (Å²) in [7, 11) is 1.63. The molecule has 1 aliphatic rings. The topological polar surface area (TPSA) is 109 Å². The number of rotatable bonds is 6. The molecule has 1 aromatic carbocycles. The summed E-state index contributed by atoms with van der Waals surface area (Å²) in [4.78, 5) is 20.6. The maximum Gasteiger partial charge on any atom is 0.254 e. The van der Waals surface area contributed by atoms with Crippen molar-refractivity contribution in [3.8, 4) is 17.2 Å². The maximum atomic E-state index is 12.4. The lowest BCUT2D eigenvalue weighted by Crippen LogP contribution is -2.27. The van der Waals surface area contributed by atoms with Crippen LogP contribution in [-0.2, 0) is 9.53 Å². The second kappa shape index (κ2) is 8.91. The lowest BCUT2D eigenvalue weighted by molar-refractivity contribution is -0.124. The Morgan fingerprint density at radius 1 is 1.36 bits per heavy atom. The number of carbonyl (C=O) groups excluding carboxylic acids is 1. The second-order valence-corrected chi connectivity index (χ2v) is 7.88. The SMILES string of the molecule is COc1cc(C(C)C)c(Oc2cnc(N)nc2NC(=O)[C@@H]2CCCO2)cc1I. The first-order valence-corrected chi connectivity index (χ1v) is 10.1. The number of nitrogens with one attached hydrogen (secondary N) is 1. The van der Waals surface area contributed by atoms with Crippen molar-refractivity contribution in [2.24, 2.45) is 0 Å². The number of aromatic nitrogens is 2. The average Bonchev–Trinajstić information content (AvgIpc) is 3.18. The number of carbonyl (C=O) groups is 1. The van der Waals surface area contributed by atoms with Crippen molar-refractivity contribution in [1.82, 2.24) is 9.97 Å². The van der Waals surface area contributed by atoms with E-state index >= 15 is 0 Å². The van der Waals surface area contributed by atoms with Crippen molar-refractivity contribution in [3.63, 3.8) is 0 Å². The van der Waals surface area contributed by atoms with Gasteiger partial charge in [-0.3, -0.25) is 4.79 Å². The number of benzene rings is 1. The Labute approximate surface area is 177 Å². The van der Waals surface area contributed by atoms with Crippen LogP contribution in [0, 0.1) is 3.57 Å². The molecule has 150 valence electrons. The van der Waals surface area contributed by atoms with Crippen molar-refractivity contribution in [2.45, 2.75) is 38.7 Å². The molecular formula is C19H23IN4O4. The van der Waals surface area contributed by atoms with Crippen LogP contribution in [0.4, 0.5) is 11.8 Å². The molecule has 0 radical (unpaired) electrons. The molecule has 0 bridgehead atoms. The van der Waals surface area contributed by atoms with Gasteiger partial charge >= 0.3 is 0 Å². The summed E-state index contributed by atoms with van der Waals surface area (Å²) in [6.45, 7) is 4.71. The quantitative estimate of drug-likeness (QED) is 0.585. The molecule has 1 aromatic heterocycles. The highest BCUT2D eigenvalue weighted by molar-refractivity contribution is 14.1. The Balaban J connectivity index is 1.92. The van der Waals surface area contributed by atoms with Gasteiger partial charge in [0, 0.05) is 12.2 Å². The molecule has 9 heteroatoms. The van der Waals surface area contributed by atoms with Crippen LogP contribution in [0.25, 0.3) is 0 Å². The number of halogens is 1. The molecule has 3 rings (SSSR count). The molecule has 1 saturated heterocycles. The smallest absolute Gasteiger partial charge is 0.254 e. The van der Waals surface area contributed by atoms with Gasteiger partial charge in [0.1, 0.15) is 17.6 Å². The zero-order chi connectivity index (χ0) is 20.3. The highest BCUT2D eigenvalue weighted by Crippen LogP contribution is 2.38. The molecule has 8 nitrogen and oxygen atoms in total. The summed E-state index contributed by atoms with van der Waals surface area (Å²) in [5.74, 6) is 1.91. The zero-order valence-electron chi connectivity index (χ0n) is 16.0. The summed E-state index contributed by atoms with van der Waals surface area (Å²) in [6.07, 6.45) is 2.50. The third kappa shape index (κ3) is 4.64. The Kier molecular flexibility index (Phi) is 6.55. The van der Waals surface area contributed by atoms with Gasteiger partial charge in [-0.05, 0) is 53.5 Å². The molecule has 28 heavy (non-hydrogen) atoms. The summed E-state index contributed by atoms with van der Waals surface area (Å²) in [5, 5.41) is 2.75. The first-order valence-electron chi connectivity index (χ1n) is 8.99. The first kappa shape index (κ1) is 20.6. The van der Waals surface area contributed by atoms with E-state index in [0.717, 1.165) is 21.3 Å². The van der Waals surface area contributed by atoms with E-state index in [1.54, 1.807) is 7.11 Å². The summed E-state index contributed by atoms with van der Waals surface area (Å²) >= 11 is 2.19. The number of amides is 1. The van der Waals surface area contributed by atoms with Gasteiger partial charge in [0.05, 0.1) is 16.9 Å². The third-order valence-corrected chi connectivity index (χ3v) is 5.21. The number of anilines is 2. The fourth-order valence-electron chi connectivity index (χ4n) is 2.90. The molecule has 0 aliphatic carbocycles. The number of nitrogens with zero attached hydrogens (tertiary/aromatic N) is 2. The van der Waals surface area contributed by atoms with Crippen molar-refractivity contribution >= 4 is 40.3 Å². The first-order chi connectivity index (χ1) is 13.4. The molecule has 1 aliphatic heterocycles. The van der Waals surface area contributed by atoms with E-state index in [4.69, 9.17) is 19.9 Å². The number of nitrogen functional groups attached to an aromatic ring is 1. The van der Waals surface area contributed by atoms with E-state index in [-0.39, 0.29) is 23.6 Å². The van der Waals surface area contributed by atoms with E-state index in [2.05, 4.69) is 51.7 Å². The molecule has 0 spiro atoms. The van der Waals surface area contributed by atoms with Crippen molar-refractivity contribution in [1.29, 1.82) is 0 Å². The molecule has 1 amide bonds. The van der Waals surface area contributed by atoms with Crippen LogP contribution in [0.15, 0.2) is 18.3 Å². The van der Waals surface area contributed by atoms with E-state index < -0.39 is 6.10 Å². The van der Waals surface area contributed by atoms with Gasteiger partial charge in [0.2, 0.25) is 5.95 Å². The third-order valence-electron chi connectivity index (χ3n) is 4.36. The minimum Gasteiger partial charge on any atom is -0.496 e. The van der Waals surface area contributed by atoms with Crippen molar-refractivity contribution in [2.75, 3.05) is 24.8 Å². The lowest BCUT2D eigenvalue weighted by Gasteiger charge is -2.18. The van der Waals surface area contributed by atoms with E-state index in [9.17, 15) is 4.79 Å². The van der Waals surface area contributed by atoms with Crippen LogP contribution in [0.3, 0.4) is 0 Å². The number of hydrogen-bond acceptors (Lipinski definition) is 7. The largest absolute Gasteiger partial charge is 0.496 e. The summed E-state index contributed by atoms with van der Waals surface area (Å²) in [5.41, 5.74) is 6.68. The van der Waals surface area contributed by atoms with Gasteiger partial charge in [-0.25, -0.2) is 4.98 Å². The Morgan fingerprint density at radius 3 is 2.79 bits per heavy atom. The Morgan fingerprint density at radius 2 is 2.14 bits per heavy atom. The number of methoxy groups -OCH3 is 1. The van der Waals surface area contributed by atoms with Crippen LogP contribution < -0.4 is 20.5 Å². The minimum absolute atomic E-state index is 0.0448. The second-order valence-electron chi connectivity index (χ2n) is 6.71. The Bertz CT molecular complexity index is 869. The highest BCUT2D eigenvalue weighted by Gasteiger charge is 2.25. The molecule has 2 heterocycles. The van der Waals surface area contributed by atoms with E-state index in [0.29, 0.717) is 24.5 Å². The number of ether oxygens (including phenoxy) is 3. The number of hydrogen-bond donors (Lipinski definition) is 2. The fourth-order valence-corrected chi connectivity index (χ4v) is 3.55. The molecular weight excluding hydrogens is 475 g/mol. The highest BCUT2D eigenvalue weighted by atomic mass is 127. The van der Waals surface area contributed by atoms with Crippen LogP contribution in [0.1, 0.15) is 38.2 Å². The standard InChI is InChI=1S/C19H23IN4O4/c1-10(2)11-7-15(26-3)12(20)8-14(11)28-16-9-22-19(21)24-17(16)23-18(25)13-5-4-6-27-13/h7-10,13H,4-6H2,1-3H3,(H3,21,22,23,24,25)/t13-/m0/s1. The lowest BCUT2D eigenvalue weighted by atomic mass is 10.0. The van der Waals surface area contributed by atoms with Gasteiger partial charge in [-0.2, -0.15) is 4.98 Å². The van der Waals surface area contributed by atoms with E-state index in [1.165, 1.54) is 6.20 Å². The zero-order valence-corrected chi connectivity index (χ0v) is 18.1. The van der Waals surface area contributed by atoms with Gasteiger partial charge in [0.15, 0.2) is 11.6 Å². The molecule has 2 aromatic rings. The molecule has 1 fully saturated rings. The maximum absolute atomic E-state index is 12.4. The fraction of sp³-hybridized carbons (Fsp3) is 0.421. The Hall–Kier alpha value is -2.14. The molecule has 0 unspecified atom stereocenters. The molecule has 0 saturated carbocycles. The van der Waals surface area contributed by atoms with Crippen molar-refractivity contribution in [3.05, 3.63) is 27.5 Å². The molecule has 3 N–H and O–H groups in total. The minimum atomic E-state index is -0.489. The van der Waals surface area contributed by atoms with E-state index in [1.807, 2.05) is 12.1 Å². The van der Waals surface area contributed by atoms with Crippen LogP contribution in [-0.4, -0.2) is 35.7 Å². The van der Waals surface area contributed by atoms with Crippen LogP contribution in [0.2, 0.25) is 0 Å². The number of nitrogens with two attached hydrogens (primary N) is 1. The monoisotopic (exact) mass is 498 g/mol. The van der Waals surface area contributed by atoms with Gasteiger partial charge in [-0.1, -0.05) is 13.8 Å². The molecule has 1 atom stereocenters.